The molecule has 0 saturated carbocycles. The Kier molecular flexibility index (Phi) is 3.17. The molecule has 1 heterocycles. The van der Waals surface area contributed by atoms with Crippen LogP contribution in [0.1, 0.15) is 41.6 Å². The molecule has 1 aromatic rings. The molecule has 2 aliphatic carbocycles. The fraction of sp³-hybridized carbons (Fsp3) is 0.421. The molecule has 0 N–H and O–H groups in total. The van der Waals surface area contributed by atoms with Gasteiger partial charge in [0, 0.05) is 29.4 Å². The molecule has 4 rings (SSSR count). The van der Waals surface area contributed by atoms with Crippen LogP contribution in [0.15, 0.2) is 29.3 Å². The lowest BCUT2D eigenvalue weighted by Gasteiger charge is -2.42. The first-order chi connectivity index (χ1) is 11.5. The molecule has 5 nitrogen and oxygen atoms in total. The Morgan fingerprint density at radius 2 is 1.88 bits per heavy atom. The zero-order valence-electron chi connectivity index (χ0n) is 14.0. The van der Waals surface area contributed by atoms with E-state index in [-0.39, 0.29) is 23.5 Å². The third-order valence-corrected chi connectivity index (χ3v) is 5.41. The molecule has 0 aromatic heterocycles. The van der Waals surface area contributed by atoms with Gasteiger partial charge in [0.05, 0.1) is 19.9 Å². The number of ether oxygens (including phenoxy) is 2. The van der Waals surface area contributed by atoms with Crippen molar-refractivity contribution in [3.63, 3.8) is 0 Å². The second kappa shape index (κ2) is 5.03. The summed E-state index contributed by atoms with van der Waals surface area (Å²) in [6, 6.07) is 3.64. The van der Waals surface area contributed by atoms with E-state index < -0.39 is 5.41 Å². The van der Waals surface area contributed by atoms with Gasteiger partial charge in [0.2, 0.25) is 5.78 Å². The highest BCUT2D eigenvalue weighted by atomic mass is 16.5. The van der Waals surface area contributed by atoms with Gasteiger partial charge in [0.1, 0.15) is 0 Å². The maximum atomic E-state index is 13.1. The molecule has 0 amide bonds. The molecule has 24 heavy (non-hydrogen) atoms. The van der Waals surface area contributed by atoms with E-state index in [1.165, 1.54) is 0 Å². The number of hydrogen-bond donors (Lipinski definition) is 0. The Bertz CT molecular complexity index is 823. The minimum absolute atomic E-state index is 0.0643. The number of rotatable bonds is 2. The number of methoxy groups -OCH3 is 2. The highest BCUT2D eigenvalue weighted by molar-refractivity contribution is 6.50. The molecule has 0 bridgehead atoms. The highest BCUT2D eigenvalue weighted by Crippen LogP contribution is 2.55. The van der Waals surface area contributed by atoms with Gasteiger partial charge >= 0.3 is 0 Å². The quantitative estimate of drug-likeness (QED) is 0.838. The Morgan fingerprint density at radius 1 is 1.17 bits per heavy atom. The largest absolute Gasteiger partial charge is 0.493 e. The van der Waals surface area contributed by atoms with Crippen molar-refractivity contribution in [2.24, 2.45) is 10.4 Å². The summed E-state index contributed by atoms with van der Waals surface area (Å²) >= 11 is 0. The van der Waals surface area contributed by atoms with E-state index in [1.807, 2.05) is 19.1 Å². The standard InChI is InChI=1S/C19H19NO4/c1-10-9-19-5-4-11(21)6-14(19)12-7-15(23-2)16(24-3)8-13(12)17(22)18(19)20-10/h4-5,7-8,10,14H,6,9H2,1-3H3. The molecule has 5 heteroatoms. The lowest BCUT2D eigenvalue weighted by Crippen LogP contribution is -2.45. The van der Waals surface area contributed by atoms with Crippen LogP contribution in [0.3, 0.4) is 0 Å². The third kappa shape index (κ3) is 1.84. The maximum Gasteiger partial charge on any atom is 0.208 e. The minimum atomic E-state index is -0.461. The molecule has 3 atom stereocenters. The van der Waals surface area contributed by atoms with Gasteiger partial charge < -0.3 is 9.47 Å². The van der Waals surface area contributed by atoms with Crippen molar-refractivity contribution in [3.8, 4) is 11.5 Å². The van der Waals surface area contributed by atoms with Crippen LogP contribution in [0.25, 0.3) is 0 Å². The summed E-state index contributed by atoms with van der Waals surface area (Å²) in [5.74, 6) is 1.03. The lowest BCUT2D eigenvalue weighted by atomic mass is 9.58. The molecule has 1 aliphatic heterocycles. The fourth-order valence-electron chi connectivity index (χ4n) is 4.40. The summed E-state index contributed by atoms with van der Waals surface area (Å²) < 4.78 is 10.7. The molecule has 124 valence electrons. The van der Waals surface area contributed by atoms with Gasteiger partial charge in [0.15, 0.2) is 17.3 Å². The van der Waals surface area contributed by atoms with E-state index >= 15 is 0 Å². The van der Waals surface area contributed by atoms with Crippen molar-refractivity contribution < 1.29 is 19.1 Å². The van der Waals surface area contributed by atoms with Crippen LogP contribution in [-0.4, -0.2) is 37.5 Å². The Hall–Kier alpha value is -2.43. The second-order valence-electron chi connectivity index (χ2n) is 6.75. The number of nitrogens with zero attached hydrogens (tertiary/aromatic N) is 1. The van der Waals surface area contributed by atoms with E-state index in [2.05, 4.69) is 4.99 Å². The van der Waals surface area contributed by atoms with Crippen LogP contribution < -0.4 is 9.47 Å². The lowest BCUT2D eigenvalue weighted by molar-refractivity contribution is -0.115. The Morgan fingerprint density at radius 3 is 2.58 bits per heavy atom. The summed E-state index contributed by atoms with van der Waals surface area (Å²) in [5.41, 5.74) is 1.56. The average molecular weight is 325 g/mol. The van der Waals surface area contributed by atoms with Gasteiger partial charge in [-0.05, 0) is 37.1 Å². The maximum absolute atomic E-state index is 13.1. The fourth-order valence-corrected chi connectivity index (χ4v) is 4.40. The number of ketones is 2. The van der Waals surface area contributed by atoms with Crippen LogP contribution in [0.5, 0.6) is 11.5 Å². The number of carbonyl (C=O) groups is 2. The second-order valence-corrected chi connectivity index (χ2v) is 6.75. The molecule has 0 saturated heterocycles. The molecule has 1 spiro atoms. The number of allylic oxidation sites excluding steroid dienone is 2. The normalized spacial score (nSPS) is 30.4. The summed E-state index contributed by atoms with van der Waals surface area (Å²) in [6.07, 6.45) is 4.67. The van der Waals surface area contributed by atoms with Crippen LogP contribution in [-0.2, 0) is 4.79 Å². The summed E-state index contributed by atoms with van der Waals surface area (Å²) in [4.78, 5) is 29.8. The van der Waals surface area contributed by atoms with Crippen LogP contribution in [0.2, 0.25) is 0 Å². The monoisotopic (exact) mass is 325 g/mol. The van der Waals surface area contributed by atoms with E-state index in [0.29, 0.717) is 29.2 Å². The van der Waals surface area contributed by atoms with Gasteiger partial charge in [-0.25, -0.2) is 0 Å². The topological polar surface area (TPSA) is 65.0 Å². The highest BCUT2D eigenvalue weighted by Gasteiger charge is 2.55. The molecule has 3 unspecified atom stereocenters. The van der Waals surface area contributed by atoms with Crippen molar-refractivity contribution in [1.82, 2.24) is 0 Å². The number of hydrogen-bond acceptors (Lipinski definition) is 5. The first-order valence-electron chi connectivity index (χ1n) is 8.11. The summed E-state index contributed by atoms with van der Waals surface area (Å²) in [5, 5.41) is 0. The molecular formula is C19H19NO4. The average Bonchev–Trinajstić information content (AvgIpc) is 2.92. The number of carbonyl (C=O) groups excluding carboxylic acids is 2. The molecule has 0 fully saturated rings. The predicted molar refractivity (Wildman–Crippen MR) is 89.3 cm³/mol. The third-order valence-electron chi connectivity index (χ3n) is 5.41. The van der Waals surface area contributed by atoms with Gasteiger partial charge in [-0.1, -0.05) is 6.08 Å². The molecule has 3 aliphatic rings. The first-order valence-corrected chi connectivity index (χ1v) is 8.11. The smallest absolute Gasteiger partial charge is 0.208 e. The van der Waals surface area contributed by atoms with Crippen molar-refractivity contribution >= 4 is 17.3 Å². The summed E-state index contributed by atoms with van der Waals surface area (Å²) in [6.45, 7) is 2.01. The SMILES string of the molecule is COc1cc2c(cc1OC)C1CC(=O)C=CC13CC(C)N=C3C2=O. The van der Waals surface area contributed by atoms with Crippen LogP contribution in [0, 0.1) is 5.41 Å². The number of aliphatic imine (C=N–C) groups is 1. The van der Waals surface area contributed by atoms with Crippen molar-refractivity contribution in [1.29, 1.82) is 0 Å². The van der Waals surface area contributed by atoms with E-state index in [4.69, 9.17) is 9.47 Å². The zero-order chi connectivity index (χ0) is 17.1. The zero-order valence-corrected chi connectivity index (χ0v) is 14.0. The van der Waals surface area contributed by atoms with E-state index in [0.717, 1.165) is 12.0 Å². The van der Waals surface area contributed by atoms with E-state index in [1.54, 1.807) is 26.4 Å². The van der Waals surface area contributed by atoms with Gasteiger partial charge in [-0.3, -0.25) is 14.6 Å². The van der Waals surface area contributed by atoms with Gasteiger partial charge in [-0.2, -0.15) is 0 Å². The van der Waals surface area contributed by atoms with Gasteiger partial charge in [0.25, 0.3) is 0 Å². The van der Waals surface area contributed by atoms with E-state index in [9.17, 15) is 9.59 Å². The Labute approximate surface area is 140 Å². The van der Waals surface area contributed by atoms with Gasteiger partial charge in [-0.15, -0.1) is 0 Å². The van der Waals surface area contributed by atoms with Crippen molar-refractivity contribution in [2.45, 2.75) is 31.7 Å². The number of Topliss-reactive ketones (excluding diaryl/α,β-unsaturated/α-hetero) is 1. The summed E-state index contributed by atoms with van der Waals surface area (Å²) in [7, 11) is 3.12. The van der Waals surface area contributed by atoms with Crippen LogP contribution in [0.4, 0.5) is 0 Å². The number of fused-ring (bicyclic) bond motifs is 2. The molecular weight excluding hydrogens is 306 g/mol. The minimum Gasteiger partial charge on any atom is -0.493 e. The molecule has 0 radical (unpaired) electrons. The molecule has 1 aromatic carbocycles. The van der Waals surface area contributed by atoms with Crippen molar-refractivity contribution in [2.75, 3.05) is 14.2 Å². The van der Waals surface area contributed by atoms with Crippen LogP contribution >= 0.6 is 0 Å². The Balaban J connectivity index is 1.99. The predicted octanol–water partition coefficient (Wildman–Crippen LogP) is 2.73. The van der Waals surface area contributed by atoms with Crippen molar-refractivity contribution in [3.05, 3.63) is 35.4 Å². The first kappa shape index (κ1) is 15.1. The number of benzene rings is 1.